The molecule has 0 amide bonds. The van der Waals surface area contributed by atoms with E-state index in [0.717, 1.165) is 24.5 Å². The second-order valence-corrected chi connectivity index (χ2v) is 8.93. The number of halogens is 5. The predicted molar refractivity (Wildman–Crippen MR) is 116 cm³/mol. The van der Waals surface area contributed by atoms with Gasteiger partial charge in [-0.05, 0) is 60.1 Å². The van der Waals surface area contributed by atoms with Crippen LogP contribution in [0.1, 0.15) is 70.3 Å². The molecule has 1 saturated carbocycles. The maximum atomic E-state index is 14.7. The van der Waals surface area contributed by atoms with Crippen molar-refractivity contribution in [3.05, 3.63) is 53.6 Å². The van der Waals surface area contributed by atoms with Gasteiger partial charge in [-0.1, -0.05) is 70.4 Å². The van der Waals surface area contributed by atoms with E-state index in [-0.39, 0.29) is 11.1 Å². The van der Waals surface area contributed by atoms with Gasteiger partial charge in [-0.15, -0.1) is 13.2 Å². The molecule has 0 radical (unpaired) electrons. The summed E-state index contributed by atoms with van der Waals surface area (Å²) in [7, 11) is 0. The molecule has 0 N–H and O–H groups in total. The smallest absolute Gasteiger partial charge is 0.406 e. The summed E-state index contributed by atoms with van der Waals surface area (Å²) in [5.41, 5.74) is 0.549. The number of hydrogen-bond acceptors (Lipinski definition) is 1. The van der Waals surface area contributed by atoms with Gasteiger partial charge in [0.2, 0.25) is 0 Å². The predicted octanol–water partition coefficient (Wildman–Crippen LogP) is 8.85. The summed E-state index contributed by atoms with van der Waals surface area (Å²) in [6.45, 7) is 2.22. The van der Waals surface area contributed by atoms with Gasteiger partial charge in [0, 0.05) is 0 Å². The molecule has 2 aromatic rings. The summed E-state index contributed by atoms with van der Waals surface area (Å²) in [4.78, 5) is 0. The van der Waals surface area contributed by atoms with Crippen molar-refractivity contribution in [3.8, 4) is 16.9 Å². The quantitative estimate of drug-likeness (QED) is 0.272. The van der Waals surface area contributed by atoms with E-state index in [4.69, 9.17) is 0 Å². The minimum atomic E-state index is -4.81. The Kier molecular flexibility index (Phi) is 8.55. The summed E-state index contributed by atoms with van der Waals surface area (Å²) in [6.07, 6.45) is 6.80. The number of alkyl halides is 3. The lowest BCUT2D eigenvalue weighted by atomic mass is 9.77. The first-order chi connectivity index (χ1) is 15.2. The third-order valence-corrected chi connectivity index (χ3v) is 6.50. The van der Waals surface area contributed by atoms with Gasteiger partial charge in [-0.25, -0.2) is 8.78 Å². The first-order valence-corrected chi connectivity index (χ1v) is 11.6. The lowest BCUT2D eigenvalue weighted by Crippen LogP contribution is -2.16. The first kappa shape index (κ1) is 24.5. The van der Waals surface area contributed by atoms with Crippen LogP contribution in [0.3, 0.4) is 0 Å². The molecule has 1 aliphatic carbocycles. The second kappa shape index (κ2) is 11.2. The number of rotatable bonds is 9. The average Bonchev–Trinajstić information content (AvgIpc) is 2.73. The topological polar surface area (TPSA) is 9.23 Å². The lowest BCUT2D eigenvalue weighted by Gasteiger charge is -2.28. The van der Waals surface area contributed by atoms with Crippen LogP contribution in [0.4, 0.5) is 22.0 Å². The highest BCUT2D eigenvalue weighted by molar-refractivity contribution is 5.66. The van der Waals surface area contributed by atoms with Crippen molar-refractivity contribution in [1.29, 1.82) is 0 Å². The Hall–Kier alpha value is -2.11. The molecule has 1 aliphatic rings. The Balaban J connectivity index is 1.56. The van der Waals surface area contributed by atoms with Gasteiger partial charge in [0.25, 0.3) is 0 Å². The fourth-order valence-corrected chi connectivity index (χ4v) is 4.73. The molecule has 0 bridgehead atoms. The van der Waals surface area contributed by atoms with Gasteiger partial charge in [0.15, 0.2) is 0 Å². The van der Waals surface area contributed by atoms with Crippen molar-refractivity contribution in [3.63, 3.8) is 0 Å². The summed E-state index contributed by atoms with van der Waals surface area (Å²) in [5, 5.41) is 0. The Bertz CT molecular complexity index is 829. The summed E-state index contributed by atoms with van der Waals surface area (Å²) in [5.74, 6) is -0.406. The van der Waals surface area contributed by atoms with E-state index >= 15 is 0 Å². The van der Waals surface area contributed by atoms with Crippen LogP contribution in [0.15, 0.2) is 36.4 Å². The summed E-state index contributed by atoms with van der Waals surface area (Å²) in [6, 6.07) is 7.23. The number of hydrogen-bond donors (Lipinski definition) is 0. The Morgan fingerprint density at radius 2 is 1.41 bits per heavy atom. The number of ether oxygens (including phenoxy) is 1. The molecule has 32 heavy (non-hydrogen) atoms. The van der Waals surface area contributed by atoms with Crippen LogP contribution < -0.4 is 4.74 Å². The zero-order valence-electron chi connectivity index (χ0n) is 18.5. The highest BCUT2D eigenvalue weighted by atomic mass is 19.4. The first-order valence-electron chi connectivity index (χ1n) is 11.6. The number of unbranched alkanes of at least 4 members (excludes halogenated alkanes) is 2. The highest BCUT2D eigenvalue weighted by Crippen LogP contribution is 2.35. The van der Waals surface area contributed by atoms with Gasteiger partial charge in [-0.3, -0.25) is 0 Å². The minimum Gasteiger partial charge on any atom is -0.406 e. The van der Waals surface area contributed by atoms with Crippen LogP contribution in [0.2, 0.25) is 0 Å². The fourth-order valence-electron chi connectivity index (χ4n) is 4.73. The molecular weight excluding hydrogens is 423 g/mol. The fraction of sp³-hybridized carbons (Fsp3) is 0.538. The lowest BCUT2D eigenvalue weighted by molar-refractivity contribution is -0.274. The Morgan fingerprint density at radius 1 is 0.844 bits per heavy atom. The monoisotopic (exact) mass is 454 g/mol. The molecule has 0 spiro atoms. The van der Waals surface area contributed by atoms with Crippen LogP contribution in [0.25, 0.3) is 11.1 Å². The standard InChI is InChI=1S/C26H31F5O/c1-2-3-4-5-18-6-8-19(9-7-18)10-11-20-16-23(27)25(24(28)17-20)21-12-14-22(15-13-21)32-26(29,30)31/h12-19H,2-11H2,1H3. The molecule has 176 valence electrons. The highest BCUT2D eigenvalue weighted by Gasteiger charge is 2.31. The summed E-state index contributed by atoms with van der Waals surface area (Å²) < 4.78 is 70.0. The number of aryl methyl sites for hydroxylation is 1. The molecular formula is C26H31F5O. The molecule has 0 unspecified atom stereocenters. The molecule has 0 atom stereocenters. The molecule has 1 fully saturated rings. The third kappa shape index (κ3) is 7.21. The largest absolute Gasteiger partial charge is 0.573 e. The van der Waals surface area contributed by atoms with Crippen LogP contribution in [-0.2, 0) is 6.42 Å². The summed E-state index contributed by atoms with van der Waals surface area (Å²) >= 11 is 0. The molecule has 2 aromatic carbocycles. The van der Waals surface area contributed by atoms with Crippen molar-refractivity contribution in [2.45, 2.75) is 77.5 Å². The molecule has 0 aromatic heterocycles. The van der Waals surface area contributed by atoms with Crippen molar-refractivity contribution >= 4 is 0 Å². The van der Waals surface area contributed by atoms with Gasteiger partial charge >= 0.3 is 6.36 Å². The van der Waals surface area contributed by atoms with Crippen LogP contribution >= 0.6 is 0 Å². The van der Waals surface area contributed by atoms with Gasteiger partial charge in [0.1, 0.15) is 17.4 Å². The SMILES string of the molecule is CCCCCC1CCC(CCc2cc(F)c(-c3ccc(OC(F)(F)F)cc3)c(F)c2)CC1. The molecule has 1 nitrogen and oxygen atoms in total. The zero-order valence-corrected chi connectivity index (χ0v) is 18.5. The van der Waals surface area contributed by atoms with Crippen molar-refractivity contribution in [2.75, 3.05) is 0 Å². The van der Waals surface area contributed by atoms with Gasteiger partial charge in [-0.2, -0.15) is 0 Å². The van der Waals surface area contributed by atoms with E-state index in [0.29, 0.717) is 17.9 Å². The van der Waals surface area contributed by atoms with E-state index in [1.165, 1.54) is 75.6 Å². The van der Waals surface area contributed by atoms with E-state index in [1.54, 1.807) is 0 Å². The van der Waals surface area contributed by atoms with Crippen molar-refractivity contribution in [1.82, 2.24) is 0 Å². The van der Waals surface area contributed by atoms with E-state index in [2.05, 4.69) is 11.7 Å². The van der Waals surface area contributed by atoms with Crippen LogP contribution in [-0.4, -0.2) is 6.36 Å². The van der Waals surface area contributed by atoms with E-state index in [1.807, 2.05) is 0 Å². The molecule has 0 aliphatic heterocycles. The Labute approximate surface area is 187 Å². The van der Waals surface area contributed by atoms with Crippen molar-refractivity contribution in [2.24, 2.45) is 11.8 Å². The normalized spacial score (nSPS) is 19.2. The molecule has 3 rings (SSSR count). The molecule has 0 heterocycles. The molecule has 0 saturated heterocycles. The van der Waals surface area contributed by atoms with E-state index < -0.39 is 23.7 Å². The average molecular weight is 455 g/mol. The second-order valence-electron chi connectivity index (χ2n) is 8.93. The van der Waals surface area contributed by atoms with Crippen LogP contribution in [0.5, 0.6) is 5.75 Å². The van der Waals surface area contributed by atoms with E-state index in [9.17, 15) is 22.0 Å². The third-order valence-electron chi connectivity index (χ3n) is 6.50. The minimum absolute atomic E-state index is 0.169. The maximum Gasteiger partial charge on any atom is 0.573 e. The molecule has 6 heteroatoms. The van der Waals surface area contributed by atoms with Crippen molar-refractivity contribution < 1.29 is 26.7 Å². The van der Waals surface area contributed by atoms with Gasteiger partial charge in [0.05, 0.1) is 5.56 Å². The number of benzene rings is 2. The van der Waals surface area contributed by atoms with Crippen LogP contribution in [0, 0.1) is 23.5 Å². The van der Waals surface area contributed by atoms with Gasteiger partial charge < -0.3 is 4.74 Å². The zero-order chi connectivity index (χ0) is 23.1. The Morgan fingerprint density at radius 3 is 1.94 bits per heavy atom. The maximum absolute atomic E-state index is 14.7.